The van der Waals surface area contributed by atoms with E-state index in [0.717, 1.165) is 16.8 Å². The first-order chi connectivity index (χ1) is 17.7. The number of hydrogen-bond acceptors (Lipinski definition) is 5. The van der Waals surface area contributed by atoms with E-state index in [9.17, 15) is 14.3 Å². The van der Waals surface area contributed by atoms with Crippen molar-refractivity contribution in [1.29, 1.82) is 0 Å². The first kappa shape index (κ1) is 26.2. The van der Waals surface area contributed by atoms with Crippen molar-refractivity contribution in [3.8, 4) is 11.4 Å². The van der Waals surface area contributed by atoms with E-state index in [1.807, 2.05) is 52.1 Å². The van der Waals surface area contributed by atoms with Crippen molar-refractivity contribution in [2.75, 3.05) is 11.9 Å². The van der Waals surface area contributed by atoms with Crippen molar-refractivity contribution in [1.82, 2.24) is 15.0 Å². The number of benzene rings is 3. The minimum atomic E-state index is -0.948. The summed E-state index contributed by atoms with van der Waals surface area (Å²) in [7, 11) is 1.95. The summed E-state index contributed by atoms with van der Waals surface area (Å²) in [5.74, 6) is -0.748. The number of anilines is 1. The third kappa shape index (κ3) is 5.75. The maximum atomic E-state index is 14.6. The number of aryl methyl sites for hydroxylation is 1. The van der Waals surface area contributed by atoms with Gasteiger partial charge in [0.1, 0.15) is 29.6 Å². The van der Waals surface area contributed by atoms with Crippen LogP contribution in [0.15, 0.2) is 60.7 Å². The smallest absolute Gasteiger partial charge is 0.335 e. The maximum Gasteiger partial charge on any atom is 0.335 e. The molecule has 0 aliphatic rings. The highest BCUT2D eigenvalue weighted by molar-refractivity contribution is 6.32. The average Bonchev–Trinajstić information content (AvgIpc) is 3.26. The summed E-state index contributed by atoms with van der Waals surface area (Å²) in [5.41, 5.74) is 4.61. The van der Waals surface area contributed by atoms with E-state index in [1.54, 1.807) is 30.3 Å². The van der Waals surface area contributed by atoms with Crippen LogP contribution < -0.4 is 9.64 Å². The molecule has 0 unspecified atom stereocenters. The van der Waals surface area contributed by atoms with Gasteiger partial charge in [0.05, 0.1) is 16.3 Å². The molecule has 192 valence electrons. The van der Waals surface area contributed by atoms with Gasteiger partial charge in [0.2, 0.25) is 0 Å². The van der Waals surface area contributed by atoms with Gasteiger partial charge in [-0.15, -0.1) is 5.10 Å². The molecule has 4 aromatic rings. The molecule has 1 N–H and O–H groups in total. The zero-order valence-electron chi connectivity index (χ0n) is 21.1. The van der Waals surface area contributed by atoms with E-state index in [0.29, 0.717) is 23.7 Å². The summed E-state index contributed by atoms with van der Waals surface area (Å²) in [5, 5.41) is 17.9. The molecule has 7 nitrogen and oxygen atoms in total. The van der Waals surface area contributed by atoms with Gasteiger partial charge in [-0.3, -0.25) is 0 Å². The first-order valence-electron chi connectivity index (χ1n) is 11.8. The fourth-order valence-electron chi connectivity index (χ4n) is 4.23. The van der Waals surface area contributed by atoms with Gasteiger partial charge in [0.15, 0.2) is 0 Å². The Kier molecular flexibility index (Phi) is 7.78. The summed E-state index contributed by atoms with van der Waals surface area (Å²) in [6.45, 7) is 6.64. The highest BCUT2D eigenvalue weighted by atomic mass is 35.5. The lowest BCUT2D eigenvalue weighted by Gasteiger charge is -2.22. The predicted octanol–water partition coefficient (Wildman–Crippen LogP) is 6.41. The summed E-state index contributed by atoms with van der Waals surface area (Å²) < 4.78 is 22.2. The summed E-state index contributed by atoms with van der Waals surface area (Å²) >= 11 is 6.29. The molecule has 37 heavy (non-hydrogen) atoms. The normalized spacial score (nSPS) is 11.1. The van der Waals surface area contributed by atoms with Crippen molar-refractivity contribution in [3.63, 3.8) is 0 Å². The van der Waals surface area contributed by atoms with Crippen LogP contribution in [0.25, 0.3) is 5.69 Å². The van der Waals surface area contributed by atoms with Gasteiger partial charge in [-0.05, 0) is 66.4 Å². The van der Waals surface area contributed by atoms with E-state index in [1.165, 1.54) is 10.7 Å². The zero-order valence-corrected chi connectivity index (χ0v) is 21.8. The van der Waals surface area contributed by atoms with E-state index in [4.69, 9.17) is 16.3 Å². The van der Waals surface area contributed by atoms with Gasteiger partial charge in [0, 0.05) is 19.3 Å². The number of aromatic nitrogens is 3. The molecule has 0 amide bonds. The van der Waals surface area contributed by atoms with Crippen molar-refractivity contribution in [2.45, 2.75) is 39.8 Å². The van der Waals surface area contributed by atoms with Crippen LogP contribution in [0.2, 0.25) is 5.02 Å². The Morgan fingerprint density at radius 2 is 1.92 bits per heavy atom. The second kappa shape index (κ2) is 11.0. The largest absolute Gasteiger partial charge is 0.487 e. The molecule has 9 heteroatoms. The summed E-state index contributed by atoms with van der Waals surface area (Å²) in [4.78, 5) is 13.3. The topological polar surface area (TPSA) is 80.5 Å². The van der Waals surface area contributed by atoms with Crippen LogP contribution in [-0.2, 0) is 13.2 Å². The fraction of sp³-hybridized carbons (Fsp3) is 0.250. The van der Waals surface area contributed by atoms with Crippen LogP contribution in [-0.4, -0.2) is 33.1 Å². The molecule has 4 rings (SSSR count). The van der Waals surface area contributed by atoms with E-state index in [2.05, 4.69) is 15.2 Å². The van der Waals surface area contributed by atoms with Crippen LogP contribution in [0.4, 0.5) is 10.1 Å². The third-order valence-electron chi connectivity index (χ3n) is 6.04. The minimum absolute atomic E-state index is 0.0512. The molecule has 0 saturated carbocycles. The Balaban J connectivity index is 1.54. The van der Waals surface area contributed by atoms with Gasteiger partial charge in [0.25, 0.3) is 0 Å². The Labute approximate surface area is 220 Å². The number of para-hydroxylation sites is 1. The van der Waals surface area contributed by atoms with Crippen LogP contribution in [0.3, 0.4) is 0 Å². The molecule has 0 atom stereocenters. The highest BCUT2D eigenvalue weighted by Crippen LogP contribution is 2.29. The van der Waals surface area contributed by atoms with Crippen LogP contribution >= 0.6 is 11.6 Å². The molecule has 0 radical (unpaired) electrons. The van der Waals surface area contributed by atoms with Crippen LogP contribution in [0, 0.1) is 12.7 Å². The van der Waals surface area contributed by atoms with Gasteiger partial charge in [-0.2, -0.15) is 0 Å². The molecule has 0 bridgehead atoms. The van der Waals surface area contributed by atoms with Crippen molar-refractivity contribution < 1.29 is 19.0 Å². The monoisotopic (exact) mass is 522 g/mol. The summed E-state index contributed by atoms with van der Waals surface area (Å²) in [6, 6.07) is 17.1. The molecular weight excluding hydrogens is 495 g/mol. The minimum Gasteiger partial charge on any atom is -0.487 e. The third-order valence-corrected chi connectivity index (χ3v) is 6.34. The van der Waals surface area contributed by atoms with Gasteiger partial charge in [-0.25, -0.2) is 13.9 Å². The molecule has 0 fully saturated rings. The van der Waals surface area contributed by atoms with Crippen molar-refractivity contribution in [2.24, 2.45) is 0 Å². The van der Waals surface area contributed by atoms with Gasteiger partial charge in [-0.1, -0.05) is 48.9 Å². The lowest BCUT2D eigenvalue weighted by molar-refractivity contribution is 0.0696. The predicted molar refractivity (Wildman–Crippen MR) is 141 cm³/mol. The Morgan fingerprint density at radius 3 is 2.59 bits per heavy atom. The Morgan fingerprint density at radius 1 is 1.16 bits per heavy atom. The highest BCUT2D eigenvalue weighted by Gasteiger charge is 2.21. The first-order valence-corrected chi connectivity index (χ1v) is 12.2. The number of nitrogens with zero attached hydrogens (tertiary/aromatic N) is 4. The molecule has 1 aromatic heterocycles. The standard InChI is InChI=1S/C28H28ClFN4O3/c1-17(2)26-25(34(32-31-26)27-22(29)9-6-10-23(27)30)16-37-21-11-12-24(18(3)13-21)33(4)15-19-7-5-8-20(14-19)28(35)36/h5-14,17H,15-16H2,1-4H3,(H,35,36). The van der Waals surface area contributed by atoms with E-state index < -0.39 is 11.8 Å². The number of rotatable bonds is 9. The number of carbonyl (C=O) groups is 1. The van der Waals surface area contributed by atoms with Crippen LogP contribution in [0.1, 0.15) is 52.6 Å². The molecule has 1 heterocycles. The lowest BCUT2D eigenvalue weighted by Crippen LogP contribution is -2.17. The average molecular weight is 523 g/mol. The Hall–Kier alpha value is -3.91. The van der Waals surface area contributed by atoms with Crippen molar-refractivity contribution in [3.05, 3.63) is 99.6 Å². The van der Waals surface area contributed by atoms with Crippen LogP contribution in [0.5, 0.6) is 5.75 Å². The van der Waals surface area contributed by atoms with Gasteiger partial charge >= 0.3 is 5.97 Å². The second-order valence-corrected chi connectivity index (χ2v) is 9.56. The van der Waals surface area contributed by atoms with Crippen molar-refractivity contribution >= 4 is 23.3 Å². The molecule has 0 aliphatic heterocycles. The zero-order chi connectivity index (χ0) is 26.7. The molecule has 0 spiro atoms. The number of halogens is 2. The molecule has 3 aromatic carbocycles. The van der Waals surface area contributed by atoms with E-state index in [-0.39, 0.29) is 28.8 Å². The molecule has 0 aliphatic carbocycles. The lowest BCUT2D eigenvalue weighted by atomic mass is 10.1. The fourth-order valence-corrected chi connectivity index (χ4v) is 4.47. The molecule has 0 saturated heterocycles. The summed E-state index contributed by atoms with van der Waals surface area (Å²) in [6.07, 6.45) is 0. The molecular formula is C28H28ClFN4O3. The quantitative estimate of drug-likeness (QED) is 0.274. The number of carboxylic acid groups (broad SMARTS) is 1. The number of aromatic carboxylic acids is 1. The number of ether oxygens (including phenoxy) is 1. The maximum absolute atomic E-state index is 14.6. The SMILES string of the molecule is Cc1cc(OCc2c(C(C)C)nnn2-c2c(F)cccc2Cl)ccc1N(C)Cc1cccc(C(=O)O)c1. The number of carboxylic acids is 1. The second-order valence-electron chi connectivity index (χ2n) is 9.16. The number of hydrogen-bond donors (Lipinski definition) is 1. The van der Waals surface area contributed by atoms with Gasteiger partial charge < -0.3 is 14.7 Å². The Bertz CT molecular complexity index is 1420. The van der Waals surface area contributed by atoms with E-state index >= 15 is 0 Å².